The first-order chi connectivity index (χ1) is 12.7. The van der Waals surface area contributed by atoms with Crippen molar-refractivity contribution in [3.63, 3.8) is 0 Å². The van der Waals surface area contributed by atoms with Crippen molar-refractivity contribution < 1.29 is 13.5 Å². The van der Waals surface area contributed by atoms with Crippen molar-refractivity contribution in [1.29, 1.82) is 0 Å². The molecule has 1 aliphatic carbocycles. The minimum Gasteiger partial charge on any atom is -0.381 e. The number of hydrogen-bond donors (Lipinski definition) is 0. The fourth-order valence-electron chi connectivity index (χ4n) is 4.87. The topological polar surface area (TPSA) is 15.7 Å². The normalized spacial score (nSPS) is 29.1. The van der Waals surface area contributed by atoms with E-state index >= 15 is 0 Å². The van der Waals surface area contributed by atoms with Gasteiger partial charge in [-0.05, 0) is 67.8 Å². The summed E-state index contributed by atoms with van der Waals surface area (Å²) in [4.78, 5) is 4.88. The summed E-state index contributed by atoms with van der Waals surface area (Å²) in [7, 11) is 0. The van der Waals surface area contributed by atoms with E-state index < -0.39 is 11.6 Å². The molecule has 3 atom stereocenters. The zero-order chi connectivity index (χ0) is 17.9. The first-order valence-corrected chi connectivity index (χ1v) is 10.2. The van der Waals surface area contributed by atoms with Crippen LogP contribution in [0, 0.1) is 29.4 Å². The molecular formula is C21H30F2N2O. The van der Waals surface area contributed by atoms with Crippen LogP contribution in [0.1, 0.15) is 31.2 Å². The van der Waals surface area contributed by atoms with Gasteiger partial charge in [-0.15, -0.1) is 0 Å². The highest BCUT2D eigenvalue weighted by atomic mass is 19.1. The number of fused-ring (bicyclic) bond motifs is 1. The van der Waals surface area contributed by atoms with E-state index in [4.69, 9.17) is 4.74 Å². The lowest BCUT2D eigenvalue weighted by Crippen LogP contribution is -2.31. The molecule has 0 amide bonds. The second-order valence-electron chi connectivity index (χ2n) is 8.29. The van der Waals surface area contributed by atoms with Crippen molar-refractivity contribution in [2.75, 3.05) is 45.9 Å². The van der Waals surface area contributed by atoms with Crippen molar-refractivity contribution in [3.05, 3.63) is 35.4 Å². The zero-order valence-electron chi connectivity index (χ0n) is 15.5. The van der Waals surface area contributed by atoms with Crippen LogP contribution in [0.2, 0.25) is 0 Å². The minimum absolute atomic E-state index is 0.486. The Hall–Kier alpha value is -1.04. The van der Waals surface area contributed by atoms with E-state index in [-0.39, 0.29) is 0 Å². The van der Waals surface area contributed by atoms with E-state index in [0.29, 0.717) is 12.5 Å². The van der Waals surface area contributed by atoms with Gasteiger partial charge in [0.05, 0.1) is 6.61 Å². The maximum atomic E-state index is 13.3. The summed E-state index contributed by atoms with van der Waals surface area (Å²) in [5, 5.41) is 0. The molecule has 5 heteroatoms. The fourth-order valence-corrected chi connectivity index (χ4v) is 4.87. The molecule has 144 valence electrons. The van der Waals surface area contributed by atoms with Crippen LogP contribution in [0.4, 0.5) is 8.78 Å². The molecule has 2 saturated heterocycles. The molecule has 1 aromatic carbocycles. The first kappa shape index (κ1) is 18.3. The van der Waals surface area contributed by atoms with Crippen molar-refractivity contribution in [3.8, 4) is 0 Å². The third-order valence-electron chi connectivity index (χ3n) is 6.30. The Morgan fingerprint density at radius 2 is 1.62 bits per heavy atom. The minimum atomic E-state index is -0.486. The summed E-state index contributed by atoms with van der Waals surface area (Å²) < 4.78 is 32.5. The van der Waals surface area contributed by atoms with E-state index in [2.05, 4.69) is 9.80 Å². The maximum Gasteiger partial charge on any atom is 0.126 e. The van der Waals surface area contributed by atoms with Gasteiger partial charge in [-0.3, -0.25) is 4.90 Å². The Morgan fingerprint density at radius 1 is 0.923 bits per heavy atom. The van der Waals surface area contributed by atoms with E-state index in [1.54, 1.807) is 0 Å². The maximum absolute atomic E-state index is 13.3. The Labute approximate surface area is 155 Å². The largest absolute Gasteiger partial charge is 0.381 e. The number of hydrogen-bond acceptors (Lipinski definition) is 3. The lowest BCUT2D eigenvalue weighted by molar-refractivity contribution is 0.0967. The van der Waals surface area contributed by atoms with Crippen LogP contribution in [-0.4, -0.2) is 55.7 Å². The quantitative estimate of drug-likeness (QED) is 0.656. The Kier molecular flexibility index (Phi) is 5.87. The molecule has 0 aromatic heterocycles. The average molecular weight is 364 g/mol. The van der Waals surface area contributed by atoms with Gasteiger partial charge in [0.2, 0.25) is 0 Å². The van der Waals surface area contributed by atoms with Gasteiger partial charge in [-0.1, -0.05) is 6.42 Å². The standard InChI is InChI=1S/C21H30F2N2O/c22-17-9-16(10-18(23)11-17)12-25-13-19-20(14-25)21(19)15-26-8-4-7-24-5-2-1-3-6-24/h9-11,19-21H,1-8,12-15H2/t19-,20+,21?. The highest BCUT2D eigenvalue weighted by molar-refractivity contribution is 5.18. The fraction of sp³-hybridized carbons (Fsp3) is 0.714. The van der Waals surface area contributed by atoms with Crippen molar-refractivity contribution in [2.24, 2.45) is 17.8 Å². The molecule has 3 nitrogen and oxygen atoms in total. The summed E-state index contributed by atoms with van der Waals surface area (Å²) in [6.45, 7) is 8.17. The first-order valence-electron chi connectivity index (χ1n) is 10.2. The highest BCUT2D eigenvalue weighted by Gasteiger charge is 2.55. The van der Waals surface area contributed by atoms with Crippen LogP contribution in [0.3, 0.4) is 0 Å². The summed E-state index contributed by atoms with van der Waals surface area (Å²) >= 11 is 0. The molecule has 1 saturated carbocycles. The molecule has 26 heavy (non-hydrogen) atoms. The van der Waals surface area contributed by atoms with Gasteiger partial charge in [0.15, 0.2) is 0 Å². The molecule has 2 aliphatic heterocycles. The summed E-state index contributed by atoms with van der Waals surface area (Å²) in [6.07, 6.45) is 5.23. The molecule has 0 radical (unpaired) electrons. The van der Waals surface area contributed by atoms with Crippen LogP contribution in [-0.2, 0) is 11.3 Å². The van der Waals surface area contributed by atoms with Crippen LogP contribution < -0.4 is 0 Å². The molecule has 3 fully saturated rings. The Morgan fingerprint density at radius 3 is 2.31 bits per heavy atom. The predicted octanol–water partition coefficient (Wildman–Crippen LogP) is 3.54. The molecule has 2 heterocycles. The number of piperidine rings is 2. The van der Waals surface area contributed by atoms with Gasteiger partial charge in [-0.2, -0.15) is 0 Å². The highest BCUT2D eigenvalue weighted by Crippen LogP contribution is 2.52. The van der Waals surface area contributed by atoms with Gasteiger partial charge in [0, 0.05) is 38.9 Å². The average Bonchev–Trinajstić information content (AvgIpc) is 3.06. The summed E-state index contributed by atoms with van der Waals surface area (Å²) in [6, 6.07) is 3.81. The third-order valence-corrected chi connectivity index (χ3v) is 6.30. The summed E-state index contributed by atoms with van der Waals surface area (Å²) in [5.41, 5.74) is 0.731. The molecule has 4 rings (SSSR count). The van der Waals surface area contributed by atoms with Crippen LogP contribution in [0.15, 0.2) is 18.2 Å². The van der Waals surface area contributed by atoms with E-state index in [9.17, 15) is 8.78 Å². The van der Waals surface area contributed by atoms with Gasteiger partial charge < -0.3 is 9.64 Å². The third kappa shape index (κ3) is 4.62. The van der Waals surface area contributed by atoms with Crippen LogP contribution in [0.5, 0.6) is 0 Å². The van der Waals surface area contributed by atoms with Gasteiger partial charge in [0.1, 0.15) is 11.6 Å². The SMILES string of the molecule is Fc1cc(F)cc(CN2C[C@@H]3C(COCCCN4CCCCC4)[C@@H]3C2)c1. The van der Waals surface area contributed by atoms with Gasteiger partial charge in [0.25, 0.3) is 0 Å². The van der Waals surface area contributed by atoms with Gasteiger partial charge >= 0.3 is 0 Å². The molecule has 0 spiro atoms. The van der Waals surface area contributed by atoms with Crippen LogP contribution >= 0.6 is 0 Å². The van der Waals surface area contributed by atoms with E-state index in [1.807, 2.05) is 0 Å². The molecule has 0 bridgehead atoms. The number of nitrogens with zero attached hydrogens (tertiary/aromatic N) is 2. The Bertz CT molecular complexity index is 573. The van der Waals surface area contributed by atoms with Crippen molar-refractivity contribution in [1.82, 2.24) is 9.80 Å². The van der Waals surface area contributed by atoms with E-state index in [1.165, 1.54) is 51.0 Å². The number of ether oxygens (including phenoxy) is 1. The zero-order valence-corrected chi connectivity index (χ0v) is 15.5. The van der Waals surface area contributed by atoms with Gasteiger partial charge in [-0.25, -0.2) is 8.78 Å². The second kappa shape index (κ2) is 8.32. The Balaban J connectivity index is 1.10. The molecule has 3 aliphatic rings. The molecule has 1 unspecified atom stereocenters. The number of halogens is 2. The number of benzene rings is 1. The molecule has 1 aromatic rings. The predicted molar refractivity (Wildman–Crippen MR) is 97.8 cm³/mol. The van der Waals surface area contributed by atoms with Crippen molar-refractivity contribution in [2.45, 2.75) is 32.2 Å². The summed E-state index contributed by atoms with van der Waals surface area (Å²) in [5.74, 6) is 1.16. The van der Waals surface area contributed by atoms with Crippen LogP contribution in [0.25, 0.3) is 0 Å². The van der Waals surface area contributed by atoms with Crippen molar-refractivity contribution >= 4 is 0 Å². The smallest absolute Gasteiger partial charge is 0.126 e. The lowest BCUT2D eigenvalue weighted by Gasteiger charge is -2.26. The monoisotopic (exact) mass is 364 g/mol. The molecule has 0 N–H and O–H groups in total. The number of likely N-dealkylation sites (tertiary alicyclic amines) is 2. The molecular weight excluding hydrogens is 334 g/mol. The lowest BCUT2D eigenvalue weighted by atomic mass is 10.1. The van der Waals surface area contributed by atoms with E-state index in [0.717, 1.165) is 56.2 Å². The second-order valence-corrected chi connectivity index (χ2v) is 8.29. The number of rotatable bonds is 8.